The summed E-state index contributed by atoms with van der Waals surface area (Å²) in [4.78, 5) is 0. The number of aliphatic hydroxyl groups excluding tert-OH is 1. The summed E-state index contributed by atoms with van der Waals surface area (Å²) in [7, 11) is 0. The van der Waals surface area contributed by atoms with Gasteiger partial charge < -0.3 is 9.52 Å². The maximum absolute atomic E-state index is 13.5. The zero-order chi connectivity index (χ0) is 10.8. The van der Waals surface area contributed by atoms with E-state index in [0.717, 1.165) is 0 Å². The van der Waals surface area contributed by atoms with Gasteiger partial charge in [-0.2, -0.15) is 0 Å². The van der Waals surface area contributed by atoms with Gasteiger partial charge in [0, 0.05) is 10.0 Å². The van der Waals surface area contributed by atoms with E-state index in [0.29, 0.717) is 10.2 Å². The lowest BCUT2D eigenvalue weighted by Gasteiger charge is -2.11. The van der Waals surface area contributed by atoms with Crippen LogP contribution in [0.3, 0.4) is 0 Å². The molecule has 0 radical (unpaired) electrons. The SMILES string of the molecule is OC(c1ccco1)c1c(F)cccc1Br. The van der Waals surface area contributed by atoms with E-state index in [4.69, 9.17) is 4.42 Å². The topological polar surface area (TPSA) is 33.4 Å². The highest BCUT2D eigenvalue weighted by Crippen LogP contribution is 2.30. The first-order chi connectivity index (χ1) is 7.20. The minimum atomic E-state index is -1.09. The summed E-state index contributed by atoms with van der Waals surface area (Å²) in [6.45, 7) is 0. The second-order valence-electron chi connectivity index (χ2n) is 3.05. The first-order valence-corrected chi connectivity index (χ1v) is 5.15. The molecule has 1 aromatic carbocycles. The zero-order valence-corrected chi connectivity index (χ0v) is 9.24. The quantitative estimate of drug-likeness (QED) is 0.909. The molecule has 0 amide bonds. The molecule has 2 rings (SSSR count). The molecule has 1 atom stereocenters. The first-order valence-electron chi connectivity index (χ1n) is 4.35. The molecule has 0 aliphatic carbocycles. The van der Waals surface area contributed by atoms with Gasteiger partial charge >= 0.3 is 0 Å². The highest BCUT2D eigenvalue weighted by Gasteiger charge is 2.19. The number of rotatable bonds is 2. The van der Waals surface area contributed by atoms with Crippen LogP contribution in [-0.4, -0.2) is 5.11 Å². The molecule has 1 aromatic heterocycles. The van der Waals surface area contributed by atoms with Crippen LogP contribution in [0.5, 0.6) is 0 Å². The lowest BCUT2D eigenvalue weighted by atomic mass is 10.1. The van der Waals surface area contributed by atoms with Crippen LogP contribution in [0, 0.1) is 5.82 Å². The molecule has 2 nitrogen and oxygen atoms in total. The Morgan fingerprint density at radius 3 is 2.67 bits per heavy atom. The van der Waals surface area contributed by atoms with Gasteiger partial charge in [-0.05, 0) is 24.3 Å². The van der Waals surface area contributed by atoms with Crippen LogP contribution in [0.2, 0.25) is 0 Å². The predicted octanol–water partition coefficient (Wildman–Crippen LogP) is 3.26. The van der Waals surface area contributed by atoms with Crippen LogP contribution in [0.4, 0.5) is 4.39 Å². The van der Waals surface area contributed by atoms with Crippen molar-refractivity contribution in [2.45, 2.75) is 6.10 Å². The number of halogens is 2. The lowest BCUT2D eigenvalue weighted by molar-refractivity contribution is 0.184. The minimum Gasteiger partial charge on any atom is -0.466 e. The second-order valence-corrected chi connectivity index (χ2v) is 3.91. The van der Waals surface area contributed by atoms with Crippen molar-refractivity contribution in [2.75, 3.05) is 0 Å². The molecule has 4 heteroatoms. The van der Waals surface area contributed by atoms with Gasteiger partial charge in [0.15, 0.2) is 0 Å². The maximum atomic E-state index is 13.5. The number of hydrogen-bond acceptors (Lipinski definition) is 2. The van der Waals surface area contributed by atoms with Crippen LogP contribution in [0.1, 0.15) is 17.4 Å². The molecule has 0 bridgehead atoms. The van der Waals surface area contributed by atoms with Crippen molar-refractivity contribution in [3.05, 3.63) is 58.2 Å². The molecule has 1 N–H and O–H groups in total. The highest BCUT2D eigenvalue weighted by atomic mass is 79.9. The average molecular weight is 271 g/mol. The summed E-state index contributed by atoms with van der Waals surface area (Å²) < 4.78 is 19.0. The molecule has 0 saturated heterocycles. The fourth-order valence-corrected chi connectivity index (χ4v) is 1.92. The Morgan fingerprint density at radius 2 is 2.07 bits per heavy atom. The number of furan rings is 1. The zero-order valence-electron chi connectivity index (χ0n) is 7.65. The van der Waals surface area contributed by atoms with E-state index in [1.807, 2.05) is 0 Å². The molecule has 2 aromatic rings. The van der Waals surface area contributed by atoms with Crippen LogP contribution in [0.15, 0.2) is 45.5 Å². The first kappa shape index (κ1) is 10.4. The van der Waals surface area contributed by atoms with Crippen molar-refractivity contribution < 1.29 is 13.9 Å². The fraction of sp³-hybridized carbons (Fsp3) is 0.0909. The third-order valence-corrected chi connectivity index (χ3v) is 2.78. The van der Waals surface area contributed by atoms with Gasteiger partial charge in [-0.1, -0.05) is 22.0 Å². The van der Waals surface area contributed by atoms with E-state index in [1.54, 1.807) is 24.3 Å². The van der Waals surface area contributed by atoms with E-state index >= 15 is 0 Å². The Labute approximate surface area is 94.5 Å². The number of aliphatic hydroxyl groups is 1. The van der Waals surface area contributed by atoms with Crippen molar-refractivity contribution in [3.8, 4) is 0 Å². The summed E-state index contributed by atoms with van der Waals surface area (Å²) in [6.07, 6.45) is 0.350. The van der Waals surface area contributed by atoms with Gasteiger partial charge in [-0.3, -0.25) is 0 Å². The summed E-state index contributed by atoms with van der Waals surface area (Å²) in [5.41, 5.74) is 0.187. The molecular formula is C11H8BrFO2. The maximum Gasteiger partial charge on any atom is 0.141 e. The lowest BCUT2D eigenvalue weighted by Crippen LogP contribution is -2.02. The van der Waals surface area contributed by atoms with Gasteiger partial charge in [-0.25, -0.2) is 4.39 Å². The van der Waals surface area contributed by atoms with Crippen LogP contribution in [-0.2, 0) is 0 Å². The number of benzene rings is 1. The molecule has 0 saturated carbocycles. The molecular weight excluding hydrogens is 263 g/mol. The van der Waals surface area contributed by atoms with Crippen LogP contribution < -0.4 is 0 Å². The Kier molecular flexibility index (Phi) is 2.88. The Hall–Kier alpha value is -1.13. The molecule has 0 aliphatic heterocycles. The summed E-state index contributed by atoms with van der Waals surface area (Å²) >= 11 is 3.19. The Bertz CT molecular complexity index is 433. The van der Waals surface area contributed by atoms with Gasteiger partial charge in [-0.15, -0.1) is 0 Å². The van der Waals surface area contributed by atoms with E-state index in [9.17, 15) is 9.50 Å². The molecule has 15 heavy (non-hydrogen) atoms. The molecule has 0 spiro atoms. The largest absolute Gasteiger partial charge is 0.466 e. The highest BCUT2D eigenvalue weighted by molar-refractivity contribution is 9.10. The Balaban J connectivity index is 2.46. The van der Waals surface area contributed by atoms with E-state index in [-0.39, 0.29) is 5.56 Å². The van der Waals surface area contributed by atoms with Crippen LogP contribution >= 0.6 is 15.9 Å². The van der Waals surface area contributed by atoms with Crippen molar-refractivity contribution in [2.24, 2.45) is 0 Å². The summed E-state index contributed by atoms with van der Waals surface area (Å²) in [6, 6.07) is 7.78. The van der Waals surface area contributed by atoms with Crippen LogP contribution in [0.25, 0.3) is 0 Å². The molecule has 1 unspecified atom stereocenters. The fourth-order valence-electron chi connectivity index (χ4n) is 1.36. The monoisotopic (exact) mass is 270 g/mol. The van der Waals surface area contributed by atoms with Crippen molar-refractivity contribution in [1.82, 2.24) is 0 Å². The normalized spacial score (nSPS) is 12.7. The average Bonchev–Trinajstić information content (AvgIpc) is 2.69. The standard InChI is InChI=1S/C11H8BrFO2/c12-7-3-1-4-8(13)10(7)11(14)9-5-2-6-15-9/h1-6,11,14H. The second kappa shape index (κ2) is 4.16. The molecule has 78 valence electrons. The predicted molar refractivity (Wildman–Crippen MR) is 56.9 cm³/mol. The summed E-state index contributed by atoms with van der Waals surface area (Å²) in [5.74, 6) is -0.144. The van der Waals surface area contributed by atoms with E-state index in [1.165, 1.54) is 12.3 Å². The smallest absolute Gasteiger partial charge is 0.141 e. The van der Waals surface area contributed by atoms with E-state index < -0.39 is 11.9 Å². The summed E-state index contributed by atoms with van der Waals surface area (Å²) in [5, 5.41) is 9.88. The third kappa shape index (κ3) is 1.96. The van der Waals surface area contributed by atoms with Gasteiger partial charge in [0.2, 0.25) is 0 Å². The minimum absolute atomic E-state index is 0.187. The van der Waals surface area contributed by atoms with Gasteiger partial charge in [0.1, 0.15) is 17.7 Å². The van der Waals surface area contributed by atoms with Crippen molar-refractivity contribution in [1.29, 1.82) is 0 Å². The van der Waals surface area contributed by atoms with Gasteiger partial charge in [0.05, 0.1) is 6.26 Å². The van der Waals surface area contributed by atoms with E-state index in [2.05, 4.69) is 15.9 Å². The van der Waals surface area contributed by atoms with Gasteiger partial charge in [0.25, 0.3) is 0 Å². The Morgan fingerprint density at radius 1 is 1.27 bits per heavy atom. The third-order valence-electron chi connectivity index (χ3n) is 2.09. The molecule has 0 fully saturated rings. The van der Waals surface area contributed by atoms with Crippen molar-refractivity contribution in [3.63, 3.8) is 0 Å². The molecule has 0 aliphatic rings. The number of hydrogen-bond donors (Lipinski definition) is 1. The van der Waals surface area contributed by atoms with Crippen molar-refractivity contribution >= 4 is 15.9 Å². The molecule has 1 heterocycles.